The quantitative estimate of drug-likeness (QED) is 0.497. The fourth-order valence-electron chi connectivity index (χ4n) is 2.98. The van der Waals surface area contributed by atoms with Crippen LogP contribution in [0.5, 0.6) is 11.5 Å². The lowest BCUT2D eigenvalue weighted by Gasteiger charge is -2.06. The Labute approximate surface area is 171 Å². The number of aromatic nitrogens is 1. The van der Waals surface area contributed by atoms with Gasteiger partial charge in [0.15, 0.2) is 0 Å². The highest BCUT2D eigenvalue weighted by atomic mass is 32.1. The summed E-state index contributed by atoms with van der Waals surface area (Å²) in [5.74, 6) is 1.18. The third kappa shape index (κ3) is 3.72. The number of carbonyl (C=O) groups excluding carboxylic acids is 1. The summed E-state index contributed by atoms with van der Waals surface area (Å²) in [6.45, 7) is 0. The van der Waals surface area contributed by atoms with Crippen molar-refractivity contribution >= 4 is 38.8 Å². The average Bonchev–Trinajstić information content (AvgIpc) is 3.10. The Kier molecular flexibility index (Phi) is 5.05. The minimum Gasteiger partial charge on any atom is -0.497 e. The molecule has 2 aromatic heterocycles. The van der Waals surface area contributed by atoms with Crippen LogP contribution >= 0.6 is 11.3 Å². The third-order valence-electron chi connectivity index (χ3n) is 4.51. The van der Waals surface area contributed by atoms with Crippen molar-refractivity contribution in [1.29, 1.82) is 0 Å². The van der Waals surface area contributed by atoms with E-state index >= 15 is 0 Å². The number of rotatable bonds is 5. The maximum atomic E-state index is 12.8. The molecule has 0 saturated carbocycles. The molecule has 0 aliphatic rings. The SMILES string of the molecule is COc1ccc(-c2ccc3c(N)c(C(=O)Nc4cccc(OC)c4)sc3n2)cc1. The van der Waals surface area contributed by atoms with E-state index in [9.17, 15) is 4.79 Å². The number of pyridine rings is 1. The largest absolute Gasteiger partial charge is 0.497 e. The summed E-state index contributed by atoms with van der Waals surface area (Å²) < 4.78 is 10.4. The predicted octanol–water partition coefficient (Wildman–Crippen LogP) is 4.82. The van der Waals surface area contributed by atoms with E-state index in [-0.39, 0.29) is 5.91 Å². The lowest BCUT2D eigenvalue weighted by atomic mass is 10.1. The molecule has 7 heteroatoms. The van der Waals surface area contributed by atoms with E-state index < -0.39 is 0 Å². The van der Waals surface area contributed by atoms with Crippen LogP contribution in [0.2, 0.25) is 0 Å². The van der Waals surface area contributed by atoms with Gasteiger partial charge in [0.05, 0.1) is 25.6 Å². The molecule has 2 aromatic carbocycles. The zero-order chi connectivity index (χ0) is 20.4. The second-order valence-corrected chi connectivity index (χ2v) is 7.31. The van der Waals surface area contributed by atoms with E-state index in [1.807, 2.05) is 48.5 Å². The van der Waals surface area contributed by atoms with Gasteiger partial charge in [-0.05, 0) is 48.5 Å². The first-order valence-corrected chi connectivity index (χ1v) is 9.69. The van der Waals surface area contributed by atoms with Gasteiger partial charge in [-0.3, -0.25) is 4.79 Å². The summed E-state index contributed by atoms with van der Waals surface area (Å²) in [4.78, 5) is 18.6. The Bertz CT molecular complexity index is 1190. The summed E-state index contributed by atoms with van der Waals surface area (Å²) in [5, 5.41) is 3.63. The molecule has 0 bridgehead atoms. The van der Waals surface area contributed by atoms with E-state index in [1.165, 1.54) is 11.3 Å². The van der Waals surface area contributed by atoms with Crippen molar-refractivity contribution < 1.29 is 14.3 Å². The van der Waals surface area contributed by atoms with E-state index in [0.717, 1.165) is 22.4 Å². The Balaban J connectivity index is 1.64. The second kappa shape index (κ2) is 7.81. The molecule has 2 heterocycles. The van der Waals surface area contributed by atoms with Crippen LogP contribution < -0.4 is 20.5 Å². The van der Waals surface area contributed by atoms with Crippen molar-refractivity contribution in [2.75, 3.05) is 25.3 Å². The van der Waals surface area contributed by atoms with Crippen LogP contribution in [0, 0.1) is 0 Å². The Hall–Kier alpha value is -3.58. The number of hydrogen-bond donors (Lipinski definition) is 2. The van der Waals surface area contributed by atoms with E-state index in [4.69, 9.17) is 20.2 Å². The molecule has 4 aromatic rings. The van der Waals surface area contributed by atoms with Gasteiger partial charge in [-0.2, -0.15) is 0 Å². The van der Waals surface area contributed by atoms with Crippen molar-refractivity contribution in [3.05, 3.63) is 65.5 Å². The van der Waals surface area contributed by atoms with Gasteiger partial charge in [0.1, 0.15) is 21.2 Å². The van der Waals surface area contributed by atoms with Crippen molar-refractivity contribution in [2.45, 2.75) is 0 Å². The first kappa shape index (κ1) is 18.8. The average molecular weight is 405 g/mol. The first-order chi connectivity index (χ1) is 14.1. The summed E-state index contributed by atoms with van der Waals surface area (Å²) >= 11 is 1.27. The predicted molar refractivity (Wildman–Crippen MR) is 117 cm³/mol. The molecule has 0 unspecified atom stereocenters. The van der Waals surface area contributed by atoms with Crippen LogP contribution in [0.4, 0.5) is 11.4 Å². The molecule has 4 rings (SSSR count). The van der Waals surface area contributed by atoms with E-state index in [2.05, 4.69) is 5.32 Å². The molecule has 6 nitrogen and oxygen atoms in total. The molecule has 1 amide bonds. The van der Waals surface area contributed by atoms with Crippen LogP contribution in [-0.4, -0.2) is 25.1 Å². The van der Waals surface area contributed by atoms with Crippen molar-refractivity contribution in [3.63, 3.8) is 0 Å². The smallest absolute Gasteiger partial charge is 0.267 e. The second-order valence-electron chi connectivity index (χ2n) is 6.31. The van der Waals surface area contributed by atoms with Gasteiger partial charge in [0.2, 0.25) is 0 Å². The Morgan fingerprint density at radius 1 is 1.00 bits per heavy atom. The lowest BCUT2D eigenvalue weighted by Crippen LogP contribution is -2.11. The minimum atomic E-state index is -0.273. The molecule has 0 aliphatic carbocycles. The summed E-state index contributed by atoms with van der Waals surface area (Å²) in [6, 6.07) is 18.6. The molecular weight excluding hydrogens is 386 g/mol. The van der Waals surface area contributed by atoms with Gasteiger partial charge in [-0.15, -0.1) is 11.3 Å². The number of hydrogen-bond acceptors (Lipinski definition) is 6. The van der Waals surface area contributed by atoms with Gasteiger partial charge < -0.3 is 20.5 Å². The minimum absolute atomic E-state index is 0.273. The van der Waals surface area contributed by atoms with Crippen LogP contribution in [0.15, 0.2) is 60.7 Å². The number of methoxy groups -OCH3 is 2. The standard InChI is InChI=1S/C22H19N3O3S/c1-27-15-8-6-13(7-9-15)18-11-10-17-19(23)20(29-22(17)25-18)21(26)24-14-4-3-5-16(12-14)28-2/h3-12H,23H2,1-2H3,(H,24,26). The van der Waals surface area contributed by atoms with Crippen LogP contribution in [0.25, 0.3) is 21.5 Å². The highest BCUT2D eigenvalue weighted by molar-refractivity contribution is 7.21. The number of benzene rings is 2. The van der Waals surface area contributed by atoms with Crippen LogP contribution in [0.3, 0.4) is 0 Å². The summed E-state index contributed by atoms with van der Waals surface area (Å²) in [7, 11) is 3.21. The molecule has 0 aliphatic heterocycles. The molecule has 0 spiro atoms. The number of amides is 1. The highest BCUT2D eigenvalue weighted by Gasteiger charge is 2.18. The summed E-state index contributed by atoms with van der Waals surface area (Å²) in [5.41, 5.74) is 9.08. The van der Waals surface area contributed by atoms with Crippen LogP contribution in [0.1, 0.15) is 9.67 Å². The number of carbonyl (C=O) groups is 1. The van der Waals surface area contributed by atoms with E-state index in [1.54, 1.807) is 26.4 Å². The number of nitrogens with one attached hydrogen (secondary N) is 1. The maximum absolute atomic E-state index is 12.8. The van der Waals surface area contributed by atoms with Gasteiger partial charge in [-0.25, -0.2) is 4.98 Å². The normalized spacial score (nSPS) is 10.7. The molecular formula is C22H19N3O3S. The van der Waals surface area contributed by atoms with Crippen molar-refractivity contribution in [3.8, 4) is 22.8 Å². The Morgan fingerprint density at radius 3 is 2.48 bits per heavy atom. The highest BCUT2D eigenvalue weighted by Crippen LogP contribution is 2.35. The number of anilines is 2. The number of fused-ring (bicyclic) bond motifs is 1. The van der Waals surface area contributed by atoms with E-state index in [0.29, 0.717) is 26.8 Å². The number of nitrogen functional groups attached to an aromatic ring is 1. The fourth-order valence-corrected chi connectivity index (χ4v) is 3.97. The zero-order valence-electron chi connectivity index (χ0n) is 15.9. The number of nitrogens with two attached hydrogens (primary N) is 1. The topological polar surface area (TPSA) is 86.5 Å². The van der Waals surface area contributed by atoms with Crippen molar-refractivity contribution in [1.82, 2.24) is 4.98 Å². The number of ether oxygens (including phenoxy) is 2. The molecule has 146 valence electrons. The molecule has 0 fully saturated rings. The zero-order valence-corrected chi connectivity index (χ0v) is 16.7. The third-order valence-corrected chi connectivity index (χ3v) is 5.63. The molecule has 29 heavy (non-hydrogen) atoms. The van der Waals surface area contributed by atoms with Gasteiger partial charge in [0.25, 0.3) is 5.91 Å². The number of thiophene rings is 1. The van der Waals surface area contributed by atoms with Crippen LogP contribution in [-0.2, 0) is 0 Å². The molecule has 0 saturated heterocycles. The van der Waals surface area contributed by atoms with Gasteiger partial charge in [-0.1, -0.05) is 6.07 Å². The molecule has 3 N–H and O–H groups in total. The summed E-state index contributed by atoms with van der Waals surface area (Å²) in [6.07, 6.45) is 0. The molecule has 0 radical (unpaired) electrons. The Morgan fingerprint density at radius 2 is 1.76 bits per heavy atom. The monoisotopic (exact) mass is 405 g/mol. The van der Waals surface area contributed by atoms with Gasteiger partial charge in [0, 0.05) is 22.7 Å². The molecule has 0 atom stereocenters. The maximum Gasteiger partial charge on any atom is 0.267 e. The number of nitrogens with zero attached hydrogens (tertiary/aromatic N) is 1. The van der Waals surface area contributed by atoms with Gasteiger partial charge >= 0.3 is 0 Å². The fraction of sp³-hybridized carbons (Fsp3) is 0.0909. The first-order valence-electron chi connectivity index (χ1n) is 8.88. The lowest BCUT2D eigenvalue weighted by molar-refractivity contribution is 0.103. The van der Waals surface area contributed by atoms with Crippen molar-refractivity contribution in [2.24, 2.45) is 0 Å².